The van der Waals surface area contributed by atoms with Crippen LogP contribution >= 0.6 is 0 Å². The van der Waals surface area contributed by atoms with Gasteiger partial charge in [-0.25, -0.2) is 4.68 Å². The minimum atomic E-state index is -0.00411. The number of nitrogens with one attached hydrogen (secondary N) is 1. The van der Waals surface area contributed by atoms with Crippen molar-refractivity contribution in [1.29, 1.82) is 0 Å². The smallest absolute Gasteiger partial charge is 0.216 e. The first-order valence-electron chi connectivity index (χ1n) is 7.83. The molecule has 0 bridgehead atoms. The molecule has 0 amide bonds. The number of aryl methyl sites for hydroxylation is 2. The molecule has 0 unspecified atom stereocenters. The maximum absolute atomic E-state index is 5.84. The molecule has 0 aliphatic heterocycles. The SMILES string of the molecule is COc1c(CNCC2(OC)CCC(C)CC2)c(C)nn1C. The van der Waals surface area contributed by atoms with Gasteiger partial charge in [0.1, 0.15) is 0 Å². The molecule has 1 aliphatic carbocycles. The van der Waals surface area contributed by atoms with E-state index in [0.717, 1.165) is 49.0 Å². The zero-order valence-corrected chi connectivity index (χ0v) is 14.0. The standard InChI is InChI=1S/C16H29N3O2/c1-12-6-8-16(21-5,9-7-12)11-17-10-14-13(2)18-19(3)15(14)20-4/h12,17H,6-11H2,1-5H3. The average molecular weight is 295 g/mol. The van der Waals surface area contributed by atoms with E-state index in [4.69, 9.17) is 9.47 Å². The second kappa shape index (κ2) is 6.79. The third-order valence-corrected chi connectivity index (χ3v) is 4.85. The Balaban J connectivity index is 1.94. The van der Waals surface area contributed by atoms with Crippen molar-refractivity contribution < 1.29 is 9.47 Å². The van der Waals surface area contributed by atoms with Gasteiger partial charge in [-0.3, -0.25) is 0 Å². The molecule has 1 aromatic heterocycles. The van der Waals surface area contributed by atoms with Gasteiger partial charge in [0.2, 0.25) is 5.88 Å². The summed E-state index contributed by atoms with van der Waals surface area (Å²) in [6.45, 7) is 6.00. The molecular formula is C16H29N3O2. The number of methoxy groups -OCH3 is 2. The fraction of sp³-hybridized carbons (Fsp3) is 0.812. The maximum Gasteiger partial charge on any atom is 0.216 e. The molecule has 120 valence electrons. The Hall–Kier alpha value is -1.07. The van der Waals surface area contributed by atoms with Crippen molar-refractivity contribution in [2.24, 2.45) is 13.0 Å². The molecule has 5 nitrogen and oxygen atoms in total. The lowest BCUT2D eigenvalue weighted by Crippen LogP contribution is -2.44. The molecule has 1 N–H and O–H groups in total. The summed E-state index contributed by atoms with van der Waals surface area (Å²) in [6, 6.07) is 0. The van der Waals surface area contributed by atoms with Gasteiger partial charge in [0.15, 0.2) is 0 Å². The van der Waals surface area contributed by atoms with Gasteiger partial charge in [-0.15, -0.1) is 0 Å². The molecule has 1 heterocycles. The van der Waals surface area contributed by atoms with Gasteiger partial charge in [0, 0.05) is 27.2 Å². The van der Waals surface area contributed by atoms with E-state index in [0.29, 0.717) is 0 Å². The van der Waals surface area contributed by atoms with Gasteiger partial charge in [0.25, 0.3) is 0 Å². The first-order valence-corrected chi connectivity index (χ1v) is 7.83. The van der Waals surface area contributed by atoms with E-state index in [1.807, 2.05) is 21.1 Å². The van der Waals surface area contributed by atoms with E-state index in [2.05, 4.69) is 17.3 Å². The van der Waals surface area contributed by atoms with E-state index < -0.39 is 0 Å². The molecule has 0 radical (unpaired) electrons. The highest BCUT2D eigenvalue weighted by Crippen LogP contribution is 2.34. The molecule has 21 heavy (non-hydrogen) atoms. The summed E-state index contributed by atoms with van der Waals surface area (Å²) in [4.78, 5) is 0. The summed E-state index contributed by atoms with van der Waals surface area (Å²) in [6.07, 6.45) is 4.79. The number of hydrogen-bond donors (Lipinski definition) is 1. The summed E-state index contributed by atoms with van der Waals surface area (Å²) < 4.78 is 13.1. The predicted octanol–water partition coefficient (Wildman–Crippen LogP) is 2.42. The maximum atomic E-state index is 5.84. The summed E-state index contributed by atoms with van der Waals surface area (Å²) in [5, 5.41) is 7.96. The molecule has 0 atom stereocenters. The number of ether oxygens (including phenoxy) is 2. The second-order valence-electron chi connectivity index (χ2n) is 6.37. The summed E-state index contributed by atoms with van der Waals surface area (Å²) in [7, 11) is 5.45. The minimum absolute atomic E-state index is 0.00411. The van der Waals surface area contributed by atoms with Crippen LogP contribution < -0.4 is 10.1 Å². The molecule has 1 aromatic rings. The second-order valence-corrected chi connectivity index (χ2v) is 6.37. The monoisotopic (exact) mass is 295 g/mol. The van der Waals surface area contributed by atoms with Crippen LogP contribution in [0, 0.1) is 12.8 Å². The highest BCUT2D eigenvalue weighted by atomic mass is 16.5. The Labute approximate surface area is 128 Å². The summed E-state index contributed by atoms with van der Waals surface area (Å²) in [5.41, 5.74) is 2.15. The largest absolute Gasteiger partial charge is 0.481 e. The van der Waals surface area contributed by atoms with Crippen molar-refractivity contribution in [3.8, 4) is 5.88 Å². The summed E-state index contributed by atoms with van der Waals surface area (Å²) >= 11 is 0. The number of rotatable bonds is 6. The molecule has 2 rings (SSSR count). The molecule has 1 aliphatic rings. The number of aromatic nitrogens is 2. The van der Waals surface area contributed by atoms with Gasteiger partial charge in [0.05, 0.1) is 24.0 Å². The predicted molar refractivity (Wildman–Crippen MR) is 83.6 cm³/mol. The normalized spacial score (nSPS) is 26.0. The van der Waals surface area contributed by atoms with Crippen LogP contribution in [0.1, 0.15) is 43.9 Å². The Bertz CT molecular complexity index is 462. The third-order valence-electron chi connectivity index (χ3n) is 4.85. The topological polar surface area (TPSA) is 48.3 Å². The van der Waals surface area contributed by atoms with Crippen molar-refractivity contribution in [1.82, 2.24) is 15.1 Å². The molecule has 0 spiro atoms. The van der Waals surface area contributed by atoms with E-state index in [-0.39, 0.29) is 5.60 Å². The zero-order valence-electron chi connectivity index (χ0n) is 14.0. The fourth-order valence-electron chi connectivity index (χ4n) is 3.30. The molecule has 0 saturated heterocycles. The van der Waals surface area contributed by atoms with Gasteiger partial charge in [-0.2, -0.15) is 5.10 Å². The Morgan fingerprint density at radius 2 is 2.00 bits per heavy atom. The lowest BCUT2D eigenvalue weighted by molar-refractivity contribution is -0.0460. The number of hydrogen-bond acceptors (Lipinski definition) is 4. The van der Waals surface area contributed by atoms with Crippen LogP contribution in [-0.4, -0.2) is 36.1 Å². The molecule has 5 heteroatoms. The van der Waals surface area contributed by atoms with Crippen molar-refractivity contribution in [3.05, 3.63) is 11.3 Å². The Morgan fingerprint density at radius 1 is 1.33 bits per heavy atom. The first kappa shape index (κ1) is 16.3. The zero-order chi connectivity index (χ0) is 15.5. The van der Waals surface area contributed by atoms with Crippen molar-refractivity contribution >= 4 is 0 Å². The quantitative estimate of drug-likeness (QED) is 0.875. The van der Waals surface area contributed by atoms with E-state index in [1.54, 1.807) is 11.8 Å². The Morgan fingerprint density at radius 3 is 2.57 bits per heavy atom. The van der Waals surface area contributed by atoms with Gasteiger partial charge in [-0.1, -0.05) is 6.92 Å². The summed E-state index contributed by atoms with van der Waals surface area (Å²) in [5.74, 6) is 1.66. The highest BCUT2D eigenvalue weighted by Gasteiger charge is 2.33. The van der Waals surface area contributed by atoms with Crippen LogP contribution in [0.5, 0.6) is 5.88 Å². The fourth-order valence-corrected chi connectivity index (χ4v) is 3.30. The Kier molecular flexibility index (Phi) is 5.27. The molecular weight excluding hydrogens is 266 g/mol. The van der Waals surface area contributed by atoms with Crippen LogP contribution in [0.3, 0.4) is 0 Å². The highest BCUT2D eigenvalue weighted by molar-refractivity contribution is 5.30. The van der Waals surface area contributed by atoms with Crippen LogP contribution in [0.2, 0.25) is 0 Å². The lowest BCUT2D eigenvalue weighted by atomic mass is 9.79. The molecule has 0 aromatic carbocycles. The van der Waals surface area contributed by atoms with Crippen LogP contribution in [-0.2, 0) is 18.3 Å². The molecule has 1 fully saturated rings. The molecule has 1 saturated carbocycles. The van der Waals surface area contributed by atoms with Crippen LogP contribution in [0.4, 0.5) is 0 Å². The first-order chi connectivity index (χ1) is 10.0. The minimum Gasteiger partial charge on any atom is -0.481 e. The third kappa shape index (κ3) is 3.58. The van der Waals surface area contributed by atoms with Gasteiger partial charge < -0.3 is 14.8 Å². The number of nitrogens with zero attached hydrogens (tertiary/aromatic N) is 2. The van der Waals surface area contributed by atoms with E-state index in [1.165, 1.54) is 12.8 Å². The van der Waals surface area contributed by atoms with E-state index in [9.17, 15) is 0 Å². The van der Waals surface area contributed by atoms with Crippen molar-refractivity contribution in [3.63, 3.8) is 0 Å². The average Bonchev–Trinajstić information content (AvgIpc) is 2.75. The van der Waals surface area contributed by atoms with Crippen molar-refractivity contribution in [2.75, 3.05) is 20.8 Å². The van der Waals surface area contributed by atoms with Gasteiger partial charge >= 0.3 is 0 Å². The van der Waals surface area contributed by atoms with Gasteiger partial charge in [-0.05, 0) is 38.5 Å². The van der Waals surface area contributed by atoms with Crippen molar-refractivity contribution in [2.45, 2.75) is 51.7 Å². The van der Waals surface area contributed by atoms with Crippen LogP contribution in [0.15, 0.2) is 0 Å². The lowest BCUT2D eigenvalue weighted by Gasteiger charge is -2.38. The van der Waals surface area contributed by atoms with E-state index >= 15 is 0 Å². The van der Waals surface area contributed by atoms with Crippen LogP contribution in [0.25, 0.3) is 0 Å².